The van der Waals surface area contributed by atoms with E-state index in [0.29, 0.717) is 10.8 Å². The Morgan fingerprint density at radius 2 is 2.06 bits per heavy atom. The molecule has 0 spiro atoms. The van der Waals surface area contributed by atoms with E-state index in [2.05, 4.69) is 0 Å². The summed E-state index contributed by atoms with van der Waals surface area (Å²) in [5.74, 6) is 0.346. The monoisotopic (exact) mass is 262 g/mol. The molecule has 0 aromatic heterocycles. The topological polar surface area (TPSA) is 35.5 Å². The van der Waals surface area contributed by atoms with Crippen LogP contribution >= 0.6 is 23.2 Å². The van der Waals surface area contributed by atoms with Crippen molar-refractivity contribution in [2.75, 3.05) is 0 Å². The minimum absolute atomic E-state index is 0.0218. The molecule has 1 atom stereocenters. The predicted molar refractivity (Wildman–Crippen MR) is 63.0 cm³/mol. The molecule has 1 aromatic rings. The van der Waals surface area contributed by atoms with Crippen LogP contribution in [0.1, 0.15) is 13.8 Å². The summed E-state index contributed by atoms with van der Waals surface area (Å²) < 4.78 is 9.70. The molecule has 0 bridgehead atoms. The molecule has 16 heavy (non-hydrogen) atoms. The minimum atomic E-state index is -0.837. The highest BCUT2D eigenvalue weighted by atomic mass is 35.5. The molecule has 0 fully saturated rings. The summed E-state index contributed by atoms with van der Waals surface area (Å²) in [4.78, 5) is 11.3. The normalized spacial score (nSPS) is 12.3. The van der Waals surface area contributed by atoms with Crippen LogP contribution in [-0.4, -0.2) is 11.7 Å². The lowest BCUT2D eigenvalue weighted by atomic mass is 10.2. The van der Waals surface area contributed by atoms with Gasteiger partial charge in [-0.1, -0.05) is 43.1 Å². The Labute approximate surface area is 104 Å². The summed E-state index contributed by atoms with van der Waals surface area (Å²) in [6.45, 7) is 3.68. The molecule has 0 aliphatic heterocycles. The molecule has 0 saturated carbocycles. The lowest BCUT2D eigenvalue weighted by Gasteiger charge is -2.13. The van der Waals surface area contributed by atoms with E-state index in [1.54, 1.807) is 18.2 Å². The van der Waals surface area contributed by atoms with E-state index in [9.17, 15) is 4.79 Å². The van der Waals surface area contributed by atoms with E-state index >= 15 is 0 Å². The van der Waals surface area contributed by atoms with E-state index in [1.807, 2.05) is 13.8 Å². The second kappa shape index (κ2) is 5.97. The van der Waals surface area contributed by atoms with Gasteiger partial charge in [0.15, 0.2) is 5.56 Å². The molecule has 88 valence electrons. The summed E-state index contributed by atoms with van der Waals surface area (Å²) in [6.07, 6.45) is -0.837. The number of benzene rings is 1. The van der Waals surface area contributed by atoms with E-state index in [1.165, 1.54) is 6.07 Å². The standard InChI is InChI=1S/C11H12Cl2O3/c1-7(2)10(13)16-11(14)15-9-5-3-4-8(12)6-9/h3-7,10H,1-2H3. The zero-order chi connectivity index (χ0) is 12.1. The zero-order valence-corrected chi connectivity index (χ0v) is 10.5. The molecule has 0 heterocycles. The first-order valence-corrected chi connectivity index (χ1v) is 5.58. The van der Waals surface area contributed by atoms with Crippen molar-refractivity contribution in [2.45, 2.75) is 19.4 Å². The van der Waals surface area contributed by atoms with Crippen LogP contribution in [0.25, 0.3) is 0 Å². The molecule has 0 aliphatic carbocycles. The first kappa shape index (κ1) is 13.1. The molecule has 0 N–H and O–H groups in total. The molecular weight excluding hydrogens is 251 g/mol. The smallest absolute Gasteiger partial charge is 0.414 e. The van der Waals surface area contributed by atoms with Crippen molar-refractivity contribution in [2.24, 2.45) is 5.92 Å². The summed E-state index contributed by atoms with van der Waals surface area (Å²) >= 11 is 11.5. The third-order valence-corrected chi connectivity index (χ3v) is 2.56. The van der Waals surface area contributed by atoms with Gasteiger partial charge in [-0.25, -0.2) is 4.79 Å². The van der Waals surface area contributed by atoms with E-state index < -0.39 is 11.7 Å². The van der Waals surface area contributed by atoms with Gasteiger partial charge in [-0.15, -0.1) is 0 Å². The number of rotatable bonds is 3. The quantitative estimate of drug-likeness (QED) is 0.468. The molecular formula is C11H12Cl2O3. The van der Waals surface area contributed by atoms with Crippen LogP contribution in [0.5, 0.6) is 5.75 Å². The van der Waals surface area contributed by atoms with Crippen molar-refractivity contribution in [3.05, 3.63) is 29.3 Å². The average molecular weight is 263 g/mol. The van der Waals surface area contributed by atoms with E-state index in [0.717, 1.165) is 0 Å². The fourth-order valence-corrected chi connectivity index (χ4v) is 1.13. The fraction of sp³-hybridized carbons (Fsp3) is 0.364. The number of carbonyl (C=O) groups is 1. The van der Waals surface area contributed by atoms with Crippen molar-refractivity contribution in [3.63, 3.8) is 0 Å². The Hall–Kier alpha value is -0.930. The Morgan fingerprint density at radius 1 is 1.38 bits per heavy atom. The minimum Gasteiger partial charge on any atom is -0.414 e. The SMILES string of the molecule is CC(C)C(Cl)OC(=O)Oc1cccc(Cl)c1. The lowest BCUT2D eigenvalue weighted by Crippen LogP contribution is -2.20. The van der Waals surface area contributed by atoms with Crippen LogP contribution in [-0.2, 0) is 4.74 Å². The summed E-state index contributed by atoms with van der Waals surface area (Å²) in [5, 5.41) is 0.483. The van der Waals surface area contributed by atoms with Gasteiger partial charge < -0.3 is 9.47 Å². The Bertz CT molecular complexity index is 366. The molecule has 5 heteroatoms. The second-order valence-electron chi connectivity index (χ2n) is 3.52. The summed E-state index contributed by atoms with van der Waals surface area (Å²) in [5.41, 5.74) is -0.702. The first-order valence-electron chi connectivity index (χ1n) is 4.77. The largest absolute Gasteiger partial charge is 0.515 e. The van der Waals surface area contributed by atoms with Crippen molar-refractivity contribution in [1.82, 2.24) is 0 Å². The number of alkyl halides is 1. The van der Waals surface area contributed by atoms with Crippen LogP contribution in [0.15, 0.2) is 24.3 Å². The maximum atomic E-state index is 11.3. The summed E-state index contributed by atoms with van der Waals surface area (Å²) in [7, 11) is 0. The van der Waals surface area contributed by atoms with Gasteiger partial charge in [0.25, 0.3) is 0 Å². The van der Waals surface area contributed by atoms with Crippen LogP contribution in [0.3, 0.4) is 0 Å². The van der Waals surface area contributed by atoms with Gasteiger partial charge in [0.1, 0.15) is 5.75 Å². The zero-order valence-electron chi connectivity index (χ0n) is 8.94. The fourth-order valence-electron chi connectivity index (χ4n) is 0.879. The Kier molecular flexibility index (Phi) is 4.90. The van der Waals surface area contributed by atoms with Gasteiger partial charge in [0.2, 0.25) is 0 Å². The number of hydrogen-bond donors (Lipinski definition) is 0. The highest BCUT2D eigenvalue weighted by Gasteiger charge is 2.16. The molecule has 0 aliphatic rings. The number of hydrogen-bond acceptors (Lipinski definition) is 3. The van der Waals surface area contributed by atoms with Crippen LogP contribution in [0.4, 0.5) is 4.79 Å². The molecule has 0 saturated heterocycles. The number of ether oxygens (including phenoxy) is 2. The van der Waals surface area contributed by atoms with Crippen molar-refractivity contribution < 1.29 is 14.3 Å². The van der Waals surface area contributed by atoms with Crippen LogP contribution in [0, 0.1) is 5.92 Å². The first-order chi connectivity index (χ1) is 7.49. The Balaban J connectivity index is 2.52. The highest BCUT2D eigenvalue weighted by Crippen LogP contribution is 2.18. The predicted octanol–water partition coefficient (Wildman–Crippen LogP) is 4.08. The third kappa shape index (κ3) is 4.29. The third-order valence-electron chi connectivity index (χ3n) is 1.73. The molecule has 1 aromatic carbocycles. The molecule has 1 rings (SSSR count). The Morgan fingerprint density at radius 3 is 2.62 bits per heavy atom. The maximum Gasteiger partial charge on any atom is 0.515 e. The van der Waals surface area contributed by atoms with Crippen LogP contribution < -0.4 is 4.74 Å². The molecule has 0 radical (unpaired) electrons. The van der Waals surface area contributed by atoms with Crippen molar-refractivity contribution in [3.8, 4) is 5.75 Å². The van der Waals surface area contributed by atoms with Crippen LogP contribution in [0.2, 0.25) is 5.02 Å². The van der Waals surface area contributed by atoms with E-state index in [4.69, 9.17) is 32.7 Å². The highest BCUT2D eigenvalue weighted by molar-refractivity contribution is 6.30. The number of carbonyl (C=O) groups excluding carboxylic acids is 1. The van der Waals surface area contributed by atoms with Crippen molar-refractivity contribution in [1.29, 1.82) is 0 Å². The van der Waals surface area contributed by atoms with Gasteiger partial charge in [0, 0.05) is 10.9 Å². The van der Waals surface area contributed by atoms with Gasteiger partial charge >= 0.3 is 6.16 Å². The maximum absolute atomic E-state index is 11.3. The average Bonchev–Trinajstić information content (AvgIpc) is 2.16. The molecule has 0 amide bonds. The molecule has 1 unspecified atom stereocenters. The number of halogens is 2. The summed E-state index contributed by atoms with van der Waals surface area (Å²) in [6, 6.07) is 6.47. The van der Waals surface area contributed by atoms with Gasteiger partial charge in [0.05, 0.1) is 0 Å². The van der Waals surface area contributed by atoms with Gasteiger partial charge in [-0.05, 0) is 18.2 Å². The molecule has 3 nitrogen and oxygen atoms in total. The van der Waals surface area contributed by atoms with Gasteiger partial charge in [-0.2, -0.15) is 0 Å². The van der Waals surface area contributed by atoms with Crippen molar-refractivity contribution >= 4 is 29.4 Å². The second-order valence-corrected chi connectivity index (χ2v) is 4.39. The lowest BCUT2D eigenvalue weighted by molar-refractivity contribution is 0.0726. The van der Waals surface area contributed by atoms with Gasteiger partial charge in [-0.3, -0.25) is 0 Å². The van der Waals surface area contributed by atoms with E-state index in [-0.39, 0.29) is 5.92 Å².